The summed E-state index contributed by atoms with van der Waals surface area (Å²) in [5.41, 5.74) is 2.79. The molecule has 2 aromatic carbocycles. The van der Waals surface area contributed by atoms with E-state index >= 15 is 0 Å². The van der Waals surface area contributed by atoms with Crippen LogP contribution in [0.4, 0.5) is 0 Å². The summed E-state index contributed by atoms with van der Waals surface area (Å²) in [5, 5.41) is 0. The monoisotopic (exact) mass is 315 g/mol. The Kier molecular flexibility index (Phi) is 4.00. The van der Waals surface area contributed by atoms with Crippen LogP contribution in [0.1, 0.15) is 24.0 Å². The first-order valence-corrected chi connectivity index (χ1v) is 7.63. The van der Waals surface area contributed by atoms with E-state index in [2.05, 4.69) is 75.4 Å². The molecule has 98 valence electrons. The summed E-state index contributed by atoms with van der Waals surface area (Å²) in [4.78, 5) is 2.59. The lowest BCUT2D eigenvalue weighted by atomic mass is 10.1. The van der Waals surface area contributed by atoms with E-state index in [1.807, 2.05) is 0 Å². The molecular formula is C17H18BrN. The van der Waals surface area contributed by atoms with Crippen molar-refractivity contribution in [3.05, 3.63) is 70.2 Å². The van der Waals surface area contributed by atoms with Crippen LogP contribution in [-0.2, 0) is 13.1 Å². The fourth-order valence-electron chi connectivity index (χ4n) is 2.44. The van der Waals surface area contributed by atoms with Gasteiger partial charge in [0.2, 0.25) is 0 Å². The molecule has 19 heavy (non-hydrogen) atoms. The summed E-state index contributed by atoms with van der Waals surface area (Å²) in [6, 6.07) is 20.2. The van der Waals surface area contributed by atoms with Crippen LogP contribution >= 0.6 is 15.9 Å². The van der Waals surface area contributed by atoms with E-state index in [1.54, 1.807) is 0 Å². The second kappa shape index (κ2) is 5.89. The number of rotatable bonds is 5. The lowest BCUT2D eigenvalue weighted by molar-refractivity contribution is 0.246. The van der Waals surface area contributed by atoms with E-state index in [4.69, 9.17) is 0 Å². The molecule has 0 radical (unpaired) electrons. The first-order valence-electron chi connectivity index (χ1n) is 6.84. The number of nitrogens with zero attached hydrogens (tertiary/aromatic N) is 1. The minimum Gasteiger partial charge on any atom is -0.292 e. The van der Waals surface area contributed by atoms with Crippen molar-refractivity contribution in [2.45, 2.75) is 32.0 Å². The number of hydrogen-bond acceptors (Lipinski definition) is 1. The van der Waals surface area contributed by atoms with Gasteiger partial charge in [0.1, 0.15) is 0 Å². The van der Waals surface area contributed by atoms with Crippen molar-refractivity contribution in [3.63, 3.8) is 0 Å². The first-order chi connectivity index (χ1) is 9.31. The lowest BCUT2D eigenvalue weighted by Gasteiger charge is -2.22. The van der Waals surface area contributed by atoms with Crippen molar-refractivity contribution in [2.24, 2.45) is 0 Å². The third-order valence-corrected chi connectivity index (χ3v) is 4.06. The fraction of sp³-hybridized carbons (Fsp3) is 0.294. The van der Waals surface area contributed by atoms with Crippen LogP contribution in [0.15, 0.2) is 59.1 Å². The van der Waals surface area contributed by atoms with Crippen LogP contribution in [0.5, 0.6) is 0 Å². The Bertz CT molecular complexity index is 534. The summed E-state index contributed by atoms with van der Waals surface area (Å²) >= 11 is 3.55. The van der Waals surface area contributed by atoms with Gasteiger partial charge in [-0.25, -0.2) is 0 Å². The highest BCUT2D eigenvalue weighted by atomic mass is 79.9. The third kappa shape index (κ3) is 3.68. The Morgan fingerprint density at radius 3 is 2.26 bits per heavy atom. The minimum atomic E-state index is 0.777. The standard InChI is InChI=1S/C17H18BrN/c18-16-8-4-7-15(11-16)13-19(17-9-10-17)12-14-5-2-1-3-6-14/h1-8,11,17H,9-10,12-13H2. The van der Waals surface area contributed by atoms with Crippen molar-refractivity contribution in [3.8, 4) is 0 Å². The van der Waals surface area contributed by atoms with Crippen LogP contribution in [-0.4, -0.2) is 10.9 Å². The van der Waals surface area contributed by atoms with E-state index in [1.165, 1.54) is 28.4 Å². The van der Waals surface area contributed by atoms with E-state index < -0.39 is 0 Å². The smallest absolute Gasteiger partial charge is 0.0240 e. The quantitative estimate of drug-likeness (QED) is 0.778. The highest BCUT2D eigenvalue weighted by molar-refractivity contribution is 9.10. The Morgan fingerprint density at radius 1 is 0.895 bits per heavy atom. The van der Waals surface area contributed by atoms with Crippen LogP contribution in [0.25, 0.3) is 0 Å². The Morgan fingerprint density at radius 2 is 1.58 bits per heavy atom. The molecular weight excluding hydrogens is 298 g/mol. The van der Waals surface area contributed by atoms with Gasteiger partial charge in [0.05, 0.1) is 0 Å². The molecule has 0 atom stereocenters. The fourth-order valence-corrected chi connectivity index (χ4v) is 2.89. The highest BCUT2D eigenvalue weighted by Crippen LogP contribution is 2.30. The van der Waals surface area contributed by atoms with Gasteiger partial charge in [-0.2, -0.15) is 0 Å². The van der Waals surface area contributed by atoms with Crippen LogP contribution in [0.2, 0.25) is 0 Å². The molecule has 1 aliphatic carbocycles. The normalized spacial score (nSPS) is 14.8. The molecule has 1 fully saturated rings. The lowest BCUT2D eigenvalue weighted by Crippen LogP contribution is -2.25. The van der Waals surface area contributed by atoms with Crippen molar-refractivity contribution in [1.29, 1.82) is 0 Å². The minimum absolute atomic E-state index is 0.777. The molecule has 0 N–H and O–H groups in total. The van der Waals surface area contributed by atoms with E-state index in [9.17, 15) is 0 Å². The van der Waals surface area contributed by atoms with Crippen molar-refractivity contribution >= 4 is 15.9 Å². The highest BCUT2D eigenvalue weighted by Gasteiger charge is 2.28. The second-order valence-electron chi connectivity index (χ2n) is 5.25. The molecule has 0 aromatic heterocycles. The van der Waals surface area contributed by atoms with Gasteiger partial charge in [-0.15, -0.1) is 0 Å². The van der Waals surface area contributed by atoms with Gasteiger partial charge >= 0.3 is 0 Å². The molecule has 1 aliphatic rings. The summed E-state index contributed by atoms with van der Waals surface area (Å²) in [5.74, 6) is 0. The molecule has 0 aliphatic heterocycles. The zero-order valence-corrected chi connectivity index (χ0v) is 12.5. The largest absolute Gasteiger partial charge is 0.292 e. The predicted molar refractivity (Wildman–Crippen MR) is 82.9 cm³/mol. The maximum absolute atomic E-state index is 3.55. The molecule has 2 aromatic rings. The average Bonchev–Trinajstić information content (AvgIpc) is 3.23. The van der Waals surface area contributed by atoms with E-state index in [0.29, 0.717) is 0 Å². The van der Waals surface area contributed by atoms with Gasteiger partial charge in [0, 0.05) is 23.6 Å². The molecule has 0 bridgehead atoms. The summed E-state index contributed by atoms with van der Waals surface area (Å²) < 4.78 is 1.17. The van der Waals surface area contributed by atoms with Gasteiger partial charge in [-0.3, -0.25) is 4.90 Å². The molecule has 0 unspecified atom stereocenters. The van der Waals surface area contributed by atoms with E-state index in [0.717, 1.165) is 19.1 Å². The Balaban J connectivity index is 1.71. The van der Waals surface area contributed by atoms with Gasteiger partial charge in [-0.1, -0.05) is 58.4 Å². The van der Waals surface area contributed by atoms with E-state index in [-0.39, 0.29) is 0 Å². The molecule has 0 amide bonds. The molecule has 3 rings (SSSR count). The molecule has 1 nitrogen and oxygen atoms in total. The van der Waals surface area contributed by atoms with Crippen LogP contribution in [0, 0.1) is 0 Å². The number of benzene rings is 2. The van der Waals surface area contributed by atoms with Gasteiger partial charge in [-0.05, 0) is 36.1 Å². The number of halogens is 1. The van der Waals surface area contributed by atoms with Crippen LogP contribution < -0.4 is 0 Å². The van der Waals surface area contributed by atoms with Crippen molar-refractivity contribution in [1.82, 2.24) is 4.90 Å². The molecule has 0 saturated heterocycles. The molecule has 0 heterocycles. The summed E-state index contributed by atoms with van der Waals surface area (Å²) in [6.45, 7) is 2.09. The second-order valence-corrected chi connectivity index (χ2v) is 6.17. The average molecular weight is 316 g/mol. The maximum Gasteiger partial charge on any atom is 0.0240 e. The van der Waals surface area contributed by atoms with Gasteiger partial charge in [0.15, 0.2) is 0 Å². The Labute approximate surface area is 123 Å². The van der Waals surface area contributed by atoms with Crippen molar-refractivity contribution in [2.75, 3.05) is 0 Å². The SMILES string of the molecule is Brc1cccc(CN(Cc2ccccc2)C2CC2)c1. The summed E-state index contributed by atoms with van der Waals surface area (Å²) in [7, 11) is 0. The van der Waals surface area contributed by atoms with Gasteiger partial charge in [0.25, 0.3) is 0 Å². The molecule has 0 spiro atoms. The topological polar surface area (TPSA) is 3.24 Å². The number of hydrogen-bond donors (Lipinski definition) is 0. The predicted octanol–water partition coefficient (Wildman–Crippen LogP) is 4.61. The third-order valence-electron chi connectivity index (χ3n) is 3.57. The van der Waals surface area contributed by atoms with Crippen LogP contribution in [0.3, 0.4) is 0 Å². The molecule has 1 saturated carbocycles. The Hall–Kier alpha value is -1.12. The van der Waals surface area contributed by atoms with Gasteiger partial charge < -0.3 is 0 Å². The summed E-state index contributed by atoms with van der Waals surface area (Å²) in [6.07, 6.45) is 2.70. The zero-order valence-electron chi connectivity index (χ0n) is 10.9. The zero-order chi connectivity index (χ0) is 13.1. The maximum atomic E-state index is 3.55. The first kappa shape index (κ1) is 12.9. The molecule has 2 heteroatoms. The van der Waals surface area contributed by atoms with Crippen molar-refractivity contribution < 1.29 is 0 Å².